The number of fused-ring (bicyclic) bond motifs is 1. The largest absolute Gasteiger partial charge is 0.494 e. The number of nitrogens with zero attached hydrogens (tertiary/aromatic N) is 1. The minimum Gasteiger partial charge on any atom is -0.494 e. The highest BCUT2D eigenvalue weighted by atomic mass is 16.5. The topological polar surface area (TPSA) is 34.4 Å². The van der Waals surface area contributed by atoms with Crippen molar-refractivity contribution in [1.29, 1.82) is 0 Å². The lowest BCUT2D eigenvalue weighted by molar-refractivity contribution is 0.156. The van der Waals surface area contributed by atoms with Gasteiger partial charge in [-0.25, -0.2) is 0 Å². The minimum absolute atomic E-state index is 0.304. The van der Waals surface area contributed by atoms with Gasteiger partial charge in [-0.05, 0) is 63.4 Å². The van der Waals surface area contributed by atoms with Crippen LogP contribution in [0, 0.1) is 6.92 Å². The van der Waals surface area contributed by atoms with E-state index < -0.39 is 0 Å². The number of rotatable bonds is 3. The van der Waals surface area contributed by atoms with Gasteiger partial charge in [-0.1, -0.05) is 0 Å². The molecular weight excluding hydrogens is 250 g/mol. The molecule has 0 saturated carbocycles. The summed E-state index contributed by atoms with van der Waals surface area (Å²) in [5, 5.41) is 10.1. The molecule has 0 aliphatic heterocycles. The highest BCUT2D eigenvalue weighted by molar-refractivity contribution is 5.45. The second-order valence-electron chi connectivity index (χ2n) is 5.36. The summed E-state index contributed by atoms with van der Waals surface area (Å²) in [6.45, 7) is 4.77. The van der Waals surface area contributed by atoms with Gasteiger partial charge in [0, 0.05) is 22.6 Å². The number of benzene rings is 1. The Morgan fingerprint density at radius 3 is 2.75 bits per heavy atom. The zero-order chi connectivity index (χ0) is 14.1. The number of aliphatic hydroxyl groups excluding tert-OH is 1. The van der Waals surface area contributed by atoms with E-state index in [0.29, 0.717) is 6.61 Å². The number of aliphatic hydroxyl groups is 1. The van der Waals surface area contributed by atoms with Crippen LogP contribution in [0.15, 0.2) is 30.3 Å². The van der Waals surface area contributed by atoms with E-state index in [1.807, 2.05) is 19.1 Å². The molecule has 20 heavy (non-hydrogen) atoms. The highest BCUT2D eigenvalue weighted by Crippen LogP contribution is 2.34. The van der Waals surface area contributed by atoms with Gasteiger partial charge in [-0.3, -0.25) is 0 Å². The lowest BCUT2D eigenvalue weighted by Gasteiger charge is -2.20. The first-order valence-electron chi connectivity index (χ1n) is 7.33. The number of hydrogen-bond donors (Lipinski definition) is 1. The Labute approximate surface area is 119 Å². The molecule has 0 amide bonds. The number of aromatic nitrogens is 1. The molecule has 0 bridgehead atoms. The lowest BCUT2D eigenvalue weighted by Crippen LogP contribution is -2.11. The average molecular weight is 271 g/mol. The molecule has 0 saturated heterocycles. The Morgan fingerprint density at radius 2 is 2.05 bits per heavy atom. The molecule has 1 aliphatic rings. The fraction of sp³-hybridized carbons (Fsp3) is 0.412. The quantitative estimate of drug-likeness (QED) is 0.926. The second-order valence-corrected chi connectivity index (χ2v) is 5.36. The van der Waals surface area contributed by atoms with Crippen molar-refractivity contribution in [2.45, 2.75) is 39.2 Å². The molecule has 0 fully saturated rings. The van der Waals surface area contributed by atoms with Gasteiger partial charge < -0.3 is 14.4 Å². The van der Waals surface area contributed by atoms with Crippen LogP contribution in [0.3, 0.4) is 0 Å². The molecule has 1 atom stereocenters. The van der Waals surface area contributed by atoms with Gasteiger partial charge >= 0.3 is 0 Å². The van der Waals surface area contributed by atoms with E-state index in [-0.39, 0.29) is 6.10 Å². The molecule has 3 heteroatoms. The summed E-state index contributed by atoms with van der Waals surface area (Å²) in [6, 6.07) is 10.3. The van der Waals surface area contributed by atoms with Crippen molar-refractivity contribution in [3.63, 3.8) is 0 Å². The number of aryl methyl sites for hydroxylation is 1. The summed E-state index contributed by atoms with van der Waals surface area (Å²) in [5.74, 6) is 0.898. The molecule has 1 aromatic carbocycles. The summed E-state index contributed by atoms with van der Waals surface area (Å²) in [4.78, 5) is 0. The van der Waals surface area contributed by atoms with Crippen LogP contribution in [0.1, 0.15) is 42.8 Å². The van der Waals surface area contributed by atoms with E-state index in [9.17, 15) is 5.11 Å². The molecule has 1 unspecified atom stereocenters. The monoisotopic (exact) mass is 271 g/mol. The Kier molecular flexibility index (Phi) is 3.53. The van der Waals surface area contributed by atoms with Crippen molar-refractivity contribution < 1.29 is 9.84 Å². The smallest absolute Gasteiger partial charge is 0.119 e. The van der Waals surface area contributed by atoms with Crippen LogP contribution in [0.25, 0.3) is 5.69 Å². The van der Waals surface area contributed by atoms with Crippen LogP contribution in [-0.4, -0.2) is 16.3 Å². The van der Waals surface area contributed by atoms with Gasteiger partial charge in [0.1, 0.15) is 5.75 Å². The van der Waals surface area contributed by atoms with Crippen molar-refractivity contribution in [1.82, 2.24) is 4.57 Å². The van der Waals surface area contributed by atoms with Crippen molar-refractivity contribution in [2.24, 2.45) is 0 Å². The maximum absolute atomic E-state index is 10.1. The number of ether oxygens (including phenoxy) is 1. The van der Waals surface area contributed by atoms with Gasteiger partial charge in [-0.15, -0.1) is 0 Å². The molecule has 0 radical (unpaired) electrons. The Hall–Kier alpha value is -1.74. The predicted octanol–water partition coefficient (Wildman–Crippen LogP) is 3.55. The van der Waals surface area contributed by atoms with Gasteiger partial charge in [0.05, 0.1) is 12.7 Å². The van der Waals surface area contributed by atoms with E-state index in [1.165, 1.54) is 11.4 Å². The minimum atomic E-state index is -0.304. The summed E-state index contributed by atoms with van der Waals surface area (Å²) >= 11 is 0. The third-order valence-electron chi connectivity index (χ3n) is 3.98. The van der Waals surface area contributed by atoms with Crippen molar-refractivity contribution >= 4 is 0 Å². The molecule has 3 nitrogen and oxygen atoms in total. The summed E-state index contributed by atoms with van der Waals surface area (Å²) in [6.07, 6.45) is 2.66. The SMILES string of the molecule is CCOc1ccc(-n2c(C)cc3c2CCCC3O)cc1. The van der Waals surface area contributed by atoms with Crippen LogP contribution in [0.4, 0.5) is 0 Å². The van der Waals surface area contributed by atoms with Crippen LogP contribution in [-0.2, 0) is 6.42 Å². The summed E-state index contributed by atoms with van der Waals surface area (Å²) < 4.78 is 7.75. The zero-order valence-corrected chi connectivity index (χ0v) is 12.1. The van der Waals surface area contributed by atoms with Crippen LogP contribution >= 0.6 is 0 Å². The Morgan fingerprint density at radius 1 is 1.30 bits per heavy atom. The maximum Gasteiger partial charge on any atom is 0.119 e. The first-order chi connectivity index (χ1) is 9.70. The van der Waals surface area contributed by atoms with Crippen molar-refractivity contribution in [2.75, 3.05) is 6.61 Å². The fourth-order valence-corrected chi connectivity index (χ4v) is 3.10. The van der Waals surface area contributed by atoms with E-state index in [0.717, 1.165) is 36.3 Å². The van der Waals surface area contributed by atoms with E-state index in [2.05, 4.69) is 29.7 Å². The molecule has 0 spiro atoms. The summed E-state index contributed by atoms with van der Waals surface area (Å²) in [5.41, 5.74) is 4.68. The average Bonchev–Trinajstić information content (AvgIpc) is 2.78. The summed E-state index contributed by atoms with van der Waals surface area (Å²) in [7, 11) is 0. The standard InChI is InChI=1S/C17H21NO2/c1-3-20-14-9-7-13(8-10-14)18-12(2)11-15-16(18)5-4-6-17(15)19/h7-11,17,19H,3-6H2,1-2H3. The molecule has 1 aromatic heterocycles. The molecular formula is C17H21NO2. The third kappa shape index (κ3) is 2.22. The Balaban J connectivity index is 2.01. The van der Waals surface area contributed by atoms with Crippen LogP contribution in [0.2, 0.25) is 0 Å². The molecule has 3 rings (SSSR count). The molecule has 1 N–H and O–H groups in total. The second kappa shape index (κ2) is 5.33. The van der Waals surface area contributed by atoms with Gasteiger partial charge in [-0.2, -0.15) is 0 Å². The maximum atomic E-state index is 10.1. The van der Waals surface area contributed by atoms with Gasteiger partial charge in [0.25, 0.3) is 0 Å². The van der Waals surface area contributed by atoms with E-state index in [1.54, 1.807) is 0 Å². The molecule has 1 aliphatic carbocycles. The van der Waals surface area contributed by atoms with Crippen molar-refractivity contribution in [3.05, 3.63) is 47.3 Å². The van der Waals surface area contributed by atoms with Crippen LogP contribution in [0.5, 0.6) is 5.75 Å². The van der Waals surface area contributed by atoms with Gasteiger partial charge in [0.15, 0.2) is 0 Å². The normalized spacial score (nSPS) is 17.9. The lowest BCUT2D eigenvalue weighted by atomic mass is 9.95. The van der Waals surface area contributed by atoms with E-state index in [4.69, 9.17) is 4.74 Å². The zero-order valence-electron chi connectivity index (χ0n) is 12.1. The highest BCUT2D eigenvalue weighted by Gasteiger charge is 2.23. The first-order valence-corrected chi connectivity index (χ1v) is 7.33. The predicted molar refractivity (Wildman–Crippen MR) is 79.6 cm³/mol. The molecule has 106 valence electrons. The van der Waals surface area contributed by atoms with Gasteiger partial charge in [0.2, 0.25) is 0 Å². The van der Waals surface area contributed by atoms with Crippen molar-refractivity contribution in [3.8, 4) is 11.4 Å². The third-order valence-corrected chi connectivity index (χ3v) is 3.98. The fourth-order valence-electron chi connectivity index (χ4n) is 3.10. The van der Waals surface area contributed by atoms with E-state index >= 15 is 0 Å². The Bertz CT molecular complexity index is 598. The number of hydrogen-bond acceptors (Lipinski definition) is 2. The molecule has 2 aromatic rings. The van der Waals surface area contributed by atoms with Crippen LogP contribution < -0.4 is 4.74 Å². The first kappa shape index (κ1) is 13.3. The molecule has 1 heterocycles.